The number of fused-ring (bicyclic) bond motifs is 5. The highest BCUT2D eigenvalue weighted by Gasteiger charge is 2.58. The molecular weight excluding hydrogens is 520 g/mol. The van der Waals surface area contributed by atoms with E-state index < -0.39 is 0 Å². The molecule has 4 rings (SSSR count). The second kappa shape index (κ2) is 16.6. The van der Waals surface area contributed by atoms with E-state index in [9.17, 15) is 4.79 Å². The molecule has 0 heterocycles. The number of thioether (sulfide) groups is 1. The van der Waals surface area contributed by atoms with Crippen molar-refractivity contribution in [2.24, 2.45) is 34.5 Å². The van der Waals surface area contributed by atoms with Gasteiger partial charge in [-0.1, -0.05) is 123 Å². The van der Waals surface area contributed by atoms with Crippen LogP contribution >= 0.6 is 11.8 Å². The molecule has 7 atom stereocenters. The van der Waals surface area contributed by atoms with Gasteiger partial charge in [0.2, 0.25) is 0 Å². The number of carbonyl (C=O) groups is 1. The lowest BCUT2D eigenvalue weighted by Crippen LogP contribution is -2.50. The van der Waals surface area contributed by atoms with E-state index >= 15 is 0 Å². The predicted octanol–water partition coefficient (Wildman–Crippen LogP) is 12.7. The Morgan fingerprint density at radius 3 is 2.17 bits per heavy atom. The number of rotatable bonds is 17. The van der Waals surface area contributed by atoms with Crippen molar-refractivity contribution < 1.29 is 9.53 Å². The van der Waals surface area contributed by atoms with Crippen LogP contribution in [0.15, 0.2) is 11.6 Å². The van der Waals surface area contributed by atoms with Gasteiger partial charge in [-0.05, 0) is 110 Å². The first-order chi connectivity index (χ1) is 19.9. The van der Waals surface area contributed by atoms with Crippen molar-refractivity contribution in [3.63, 3.8) is 0 Å². The minimum absolute atomic E-state index is 0.0216. The third-order valence-electron chi connectivity index (χ3n) is 12.6. The average molecular weight is 587 g/mol. The first kappa shape index (κ1) is 33.5. The summed E-state index contributed by atoms with van der Waals surface area (Å²) in [5.74, 6) is 3.69. The van der Waals surface area contributed by atoms with Gasteiger partial charge >= 0.3 is 5.30 Å². The maximum Gasteiger partial charge on any atom is 0.367 e. The van der Waals surface area contributed by atoms with Crippen LogP contribution in [0.3, 0.4) is 0 Å². The van der Waals surface area contributed by atoms with Gasteiger partial charge in [0.1, 0.15) is 0 Å². The molecule has 0 aromatic rings. The topological polar surface area (TPSA) is 26.3 Å². The molecule has 0 radical (unpaired) electrons. The van der Waals surface area contributed by atoms with Crippen molar-refractivity contribution in [2.45, 2.75) is 181 Å². The zero-order valence-corrected chi connectivity index (χ0v) is 28.5. The standard InChI is InChI=1S/C38H66O2S/c1-5-7-9-11-13-14-16-18-28-40-36(39)41-32-24-26-38(4)31(29-32)20-22-33-34-23-21-30(19-17-15-12-10-8-6-2)37(34,3)27-25-35(33)38/h20,30,32-35H,5-19,21-29H2,1-4H3/t30?,32-,33?,34?,35?,37+,38-/m0/s1. The number of unbranched alkanes of at least 4 members (excludes halogenated alkanes) is 12. The molecule has 3 heteroatoms. The summed E-state index contributed by atoms with van der Waals surface area (Å²) in [6.07, 6.45) is 33.8. The maximum absolute atomic E-state index is 12.6. The van der Waals surface area contributed by atoms with E-state index in [2.05, 4.69) is 33.8 Å². The highest BCUT2D eigenvalue weighted by molar-refractivity contribution is 8.13. The fourth-order valence-electron chi connectivity index (χ4n) is 10.0. The Labute approximate surface area is 259 Å². The van der Waals surface area contributed by atoms with Crippen molar-refractivity contribution in [1.29, 1.82) is 0 Å². The lowest BCUT2D eigenvalue weighted by molar-refractivity contribution is -0.0421. The molecule has 0 aliphatic heterocycles. The van der Waals surface area contributed by atoms with Crippen molar-refractivity contribution in [3.05, 3.63) is 11.6 Å². The Kier molecular flexibility index (Phi) is 13.5. The summed E-state index contributed by atoms with van der Waals surface area (Å²) >= 11 is 1.51. The lowest BCUT2D eigenvalue weighted by atomic mass is 9.47. The molecule has 0 aromatic heterocycles. The molecule has 0 aromatic carbocycles. The molecule has 2 nitrogen and oxygen atoms in total. The van der Waals surface area contributed by atoms with E-state index in [0.29, 0.717) is 22.7 Å². The molecular formula is C38H66O2S. The molecule has 0 bridgehead atoms. The molecule has 236 valence electrons. The van der Waals surface area contributed by atoms with Crippen LogP contribution < -0.4 is 0 Å². The third-order valence-corrected chi connectivity index (χ3v) is 13.7. The van der Waals surface area contributed by atoms with Crippen LogP contribution in [0.5, 0.6) is 0 Å². The largest absolute Gasteiger partial charge is 0.458 e. The van der Waals surface area contributed by atoms with Crippen LogP contribution in [0.1, 0.15) is 175 Å². The van der Waals surface area contributed by atoms with E-state index in [-0.39, 0.29) is 5.30 Å². The Hall–Kier alpha value is -0.440. The first-order valence-electron chi connectivity index (χ1n) is 18.4. The van der Waals surface area contributed by atoms with Crippen molar-refractivity contribution in [3.8, 4) is 0 Å². The van der Waals surface area contributed by atoms with E-state index in [0.717, 1.165) is 36.5 Å². The highest BCUT2D eigenvalue weighted by Crippen LogP contribution is 2.67. The smallest absolute Gasteiger partial charge is 0.367 e. The summed E-state index contributed by atoms with van der Waals surface area (Å²) in [6.45, 7) is 10.5. The minimum atomic E-state index is -0.0216. The molecule has 0 spiro atoms. The van der Waals surface area contributed by atoms with Gasteiger partial charge < -0.3 is 4.74 Å². The van der Waals surface area contributed by atoms with Crippen LogP contribution in [0.4, 0.5) is 4.79 Å². The van der Waals surface area contributed by atoms with Crippen LogP contribution in [-0.2, 0) is 4.74 Å². The molecule has 4 aliphatic carbocycles. The molecule has 3 fully saturated rings. The van der Waals surface area contributed by atoms with E-state index in [1.54, 1.807) is 5.57 Å². The van der Waals surface area contributed by atoms with E-state index in [1.165, 1.54) is 147 Å². The minimum Gasteiger partial charge on any atom is -0.458 e. The first-order valence-corrected chi connectivity index (χ1v) is 19.3. The number of allylic oxidation sites excluding steroid dienone is 2. The molecule has 0 amide bonds. The summed E-state index contributed by atoms with van der Waals surface area (Å²) < 4.78 is 5.66. The molecule has 0 saturated heterocycles. The fourth-order valence-corrected chi connectivity index (χ4v) is 11.0. The van der Waals surface area contributed by atoms with Gasteiger partial charge in [0, 0.05) is 5.25 Å². The van der Waals surface area contributed by atoms with Gasteiger partial charge in [-0.25, -0.2) is 4.79 Å². The van der Waals surface area contributed by atoms with Gasteiger partial charge in [-0.15, -0.1) is 0 Å². The Bertz CT molecular complexity index is 821. The molecule has 4 aliphatic rings. The monoisotopic (exact) mass is 586 g/mol. The maximum atomic E-state index is 12.6. The van der Waals surface area contributed by atoms with Gasteiger partial charge in [-0.3, -0.25) is 0 Å². The second-order valence-electron chi connectivity index (χ2n) is 15.2. The second-order valence-corrected chi connectivity index (χ2v) is 16.4. The number of hydrogen-bond acceptors (Lipinski definition) is 3. The normalized spacial score (nSPS) is 34.4. The van der Waals surface area contributed by atoms with Gasteiger partial charge in [0.25, 0.3) is 0 Å². The summed E-state index contributed by atoms with van der Waals surface area (Å²) in [5.41, 5.74) is 2.67. The lowest BCUT2D eigenvalue weighted by Gasteiger charge is -2.58. The van der Waals surface area contributed by atoms with Crippen molar-refractivity contribution in [2.75, 3.05) is 6.61 Å². The van der Waals surface area contributed by atoms with Crippen LogP contribution in [0, 0.1) is 34.5 Å². The zero-order valence-electron chi connectivity index (χ0n) is 27.7. The number of hydrogen-bond donors (Lipinski definition) is 0. The SMILES string of the molecule is CCCCCCCCCCOC(=O)S[C@H]1CC[C@@]2(C)C(=CCC3C4CCC(CCCCCCCC)[C@@]4(C)CCC32)C1. The molecule has 3 saturated carbocycles. The van der Waals surface area contributed by atoms with Gasteiger partial charge in [-0.2, -0.15) is 0 Å². The number of carbonyl (C=O) groups excluding carboxylic acids is 1. The van der Waals surface area contributed by atoms with Crippen LogP contribution in [-0.4, -0.2) is 17.2 Å². The highest BCUT2D eigenvalue weighted by atomic mass is 32.2. The zero-order chi connectivity index (χ0) is 29.1. The summed E-state index contributed by atoms with van der Waals surface area (Å²) in [4.78, 5) is 12.6. The van der Waals surface area contributed by atoms with Gasteiger partial charge in [0.05, 0.1) is 6.61 Å². The Morgan fingerprint density at radius 1 is 0.805 bits per heavy atom. The fraction of sp³-hybridized carbons (Fsp3) is 0.921. The number of ether oxygens (including phenoxy) is 1. The summed E-state index contributed by atoms with van der Waals surface area (Å²) in [6, 6.07) is 0. The quantitative estimate of drug-likeness (QED) is 0.0963. The molecule has 0 N–H and O–H groups in total. The van der Waals surface area contributed by atoms with Crippen LogP contribution in [0.25, 0.3) is 0 Å². The summed E-state index contributed by atoms with van der Waals surface area (Å²) in [5, 5.41) is 0.394. The van der Waals surface area contributed by atoms with Crippen LogP contribution in [0.2, 0.25) is 0 Å². The molecule has 41 heavy (non-hydrogen) atoms. The van der Waals surface area contributed by atoms with Crippen molar-refractivity contribution >= 4 is 17.1 Å². The Balaban J connectivity index is 1.20. The summed E-state index contributed by atoms with van der Waals surface area (Å²) in [7, 11) is 0. The Morgan fingerprint density at radius 2 is 1.46 bits per heavy atom. The predicted molar refractivity (Wildman–Crippen MR) is 179 cm³/mol. The third kappa shape index (κ3) is 8.60. The van der Waals surface area contributed by atoms with Crippen molar-refractivity contribution in [1.82, 2.24) is 0 Å². The average Bonchev–Trinajstić information content (AvgIpc) is 3.30. The van der Waals surface area contributed by atoms with E-state index in [1.807, 2.05) is 0 Å². The van der Waals surface area contributed by atoms with E-state index in [4.69, 9.17) is 4.74 Å². The van der Waals surface area contributed by atoms with Gasteiger partial charge in [0.15, 0.2) is 0 Å². The molecule has 4 unspecified atom stereocenters.